The van der Waals surface area contributed by atoms with Gasteiger partial charge in [-0.2, -0.15) is 0 Å². The standard InChI is InChI=1S/C71H137NO6/c1-3-5-7-9-11-13-15-17-34-38-42-46-50-54-58-62-71(76)78-66-60-56-52-48-44-40-36-33-31-29-27-25-23-21-19-20-22-24-26-28-30-32-35-37-41-45-49-53-57-61-70(75)72(63-64-73)67-69(74)68-77-65-59-55-51-47-43-39-18-16-14-12-10-8-6-4-2/h11,13,17,34,69,73-74H,3-10,12,14-16,18-33,35-68H2,1-2H3/b13-11-,34-17-. The molecule has 0 aliphatic rings. The van der Waals surface area contributed by atoms with E-state index >= 15 is 0 Å². The lowest BCUT2D eigenvalue weighted by Gasteiger charge is -2.24. The zero-order valence-electron chi connectivity index (χ0n) is 52.7. The average Bonchev–Trinajstić information content (AvgIpc) is 3.44. The van der Waals surface area contributed by atoms with Crippen LogP contribution in [-0.4, -0.2) is 72.6 Å². The number of hydrogen-bond acceptors (Lipinski definition) is 6. The molecule has 78 heavy (non-hydrogen) atoms. The summed E-state index contributed by atoms with van der Waals surface area (Å²) in [6.07, 6.45) is 80.3. The van der Waals surface area contributed by atoms with Gasteiger partial charge in [0.25, 0.3) is 0 Å². The average molecular weight is 1100 g/mol. The highest BCUT2D eigenvalue weighted by molar-refractivity contribution is 5.76. The fraction of sp³-hybridized carbons (Fsp3) is 0.915. The number of rotatable bonds is 67. The summed E-state index contributed by atoms with van der Waals surface area (Å²) in [5.41, 5.74) is 0. The fourth-order valence-electron chi connectivity index (χ4n) is 11.0. The molecule has 0 aliphatic heterocycles. The number of ether oxygens (including phenoxy) is 2. The van der Waals surface area contributed by atoms with Gasteiger partial charge < -0.3 is 24.6 Å². The molecule has 1 unspecified atom stereocenters. The van der Waals surface area contributed by atoms with E-state index < -0.39 is 6.10 Å². The molecule has 0 spiro atoms. The highest BCUT2D eigenvalue weighted by Gasteiger charge is 2.17. The molecule has 0 fully saturated rings. The van der Waals surface area contributed by atoms with Crippen LogP contribution in [0, 0.1) is 0 Å². The van der Waals surface area contributed by atoms with Gasteiger partial charge in [0, 0.05) is 32.5 Å². The van der Waals surface area contributed by atoms with Crippen molar-refractivity contribution in [2.24, 2.45) is 0 Å². The van der Waals surface area contributed by atoms with E-state index in [9.17, 15) is 19.8 Å². The normalized spacial score (nSPS) is 12.2. The Morgan fingerprint density at radius 1 is 0.385 bits per heavy atom. The molecule has 1 amide bonds. The highest BCUT2D eigenvalue weighted by Crippen LogP contribution is 2.19. The van der Waals surface area contributed by atoms with Gasteiger partial charge in [-0.1, -0.05) is 327 Å². The van der Waals surface area contributed by atoms with Crippen LogP contribution in [0.4, 0.5) is 0 Å². The summed E-state index contributed by atoms with van der Waals surface area (Å²) in [5.74, 6) is 0.0463. The van der Waals surface area contributed by atoms with Crippen molar-refractivity contribution in [1.82, 2.24) is 4.90 Å². The number of aliphatic hydroxyl groups excluding tert-OH is 2. The minimum atomic E-state index is -0.706. The molecule has 0 saturated heterocycles. The maximum atomic E-state index is 12.9. The molecule has 0 bridgehead atoms. The van der Waals surface area contributed by atoms with Crippen molar-refractivity contribution in [1.29, 1.82) is 0 Å². The predicted molar refractivity (Wildman–Crippen MR) is 340 cm³/mol. The van der Waals surface area contributed by atoms with Crippen molar-refractivity contribution >= 4 is 11.9 Å². The second kappa shape index (κ2) is 67.8. The summed E-state index contributed by atoms with van der Waals surface area (Å²) in [4.78, 5) is 26.6. The maximum absolute atomic E-state index is 12.9. The van der Waals surface area contributed by atoms with Gasteiger partial charge in [0.15, 0.2) is 0 Å². The number of esters is 1. The van der Waals surface area contributed by atoms with Crippen molar-refractivity contribution in [3.63, 3.8) is 0 Å². The van der Waals surface area contributed by atoms with E-state index in [1.807, 2.05) is 0 Å². The number of hydrogen-bond donors (Lipinski definition) is 2. The van der Waals surface area contributed by atoms with E-state index in [1.54, 1.807) is 4.90 Å². The van der Waals surface area contributed by atoms with Crippen LogP contribution in [-0.2, 0) is 19.1 Å². The monoisotopic (exact) mass is 1100 g/mol. The third-order valence-corrected chi connectivity index (χ3v) is 16.2. The van der Waals surface area contributed by atoms with E-state index in [-0.39, 0.29) is 38.2 Å². The molecule has 2 N–H and O–H groups in total. The molecule has 0 saturated carbocycles. The molecule has 0 aromatic carbocycles. The molecular formula is C71H137NO6. The summed E-state index contributed by atoms with van der Waals surface area (Å²) in [5, 5.41) is 20.1. The van der Waals surface area contributed by atoms with Gasteiger partial charge in [0.1, 0.15) is 0 Å². The lowest BCUT2D eigenvalue weighted by atomic mass is 10.0. The fourth-order valence-corrected chi connectivity index (χ4v) is 11.0. The van der Waals surface area contributed by atoms with Gasteiger partial charge >= 0.3 is 5.97 Å². The zero-order chi connectivity index (χ0) is 56.4. The summed E-state index contributed by atoms with van der Waals surface area (Å²) < 4.78 is 11.2. The second-order valence-electron chi connectivity index (χ2n) is 24.1. The lowest BCUT2D eigenvalue weighted by Crippen LogP contribution is -2.40. The maximum Gasteiger partial charge on any atom is 0.305 e. The Labute approximate surface area is 487 Å². The van der Waals surface area contributed by atoms with Crippen molar-refractivity contribution in [3.05, 3.63) is 24.3 Å². The molecule has 0 aromatic heterocycles. The smallest absolute Gasteiger partial charge is 0.305 e. The summed E-state index contributed by atoms with van der Waals surface area (Å²) in [7, 11) is 0. The first kappa shape index (κ1) is 76.3. The third-order valence-electron chi connectivity index (χ3n) is 16.2. The Morgan fingerprint density at radius 3 is 1.08 bits per heavy atom. The molecule has 7 nitrogen and oxygen atoms in total. The number of amides is 1. The SMILES string of the molecule is CCCCC/C=C\C/C=C\CCCCCCCC(=O)OCCCCCCCCCCCCCCCCCCCCCCCCCCCCCCCC(=O)N(CCO)CC(O)COCCCCCCCCCCCCCCCC. The molecular weight excluding hydrogens is 963 g/mol. The molecule has 0 aliphatic carbocycles. The van der Waals surface area contributed by atoms with Gasteiger partial charge in [-0.25, -0.2) is 0 Å². The number of carbonyl (C=O) groups is 2. The predicted octanol–water partition coefficient (Wildman–Crippen LogP) is 21.7. The zero-order valence-corrected chi connectivity index (χ0v) is 52.7. The van der Waals surface area contributed by atoms with Gasteiger partial charge in [0.05, 0.1) is 25.9 Å². The Morgan fingerprint density at radius 2 is 0.692 bits per heavy atom. The summed E-state index contributed by atoms with van der Waals surface area (Å²) >= 11 is 0. The van der Waals surface area contributed by atoms with Crippen molar-refractivity contribution in [2.45, 2.75) is 380 Å². The Hall–Kier alpha value is -1.70. The first-order valence-electron chi connectivity index (χ1n) is 35.1. The number of carbonyl (C=O) groups excluding carboxylic acids is 2. The van der Waals surface area contributed by atoms with Crippen molar-refractivity contribution in [2.75, 3.05) is 39.5 Å². The number of unbranched alkanes of at least 4 members (excludes halogenated alkanes) is 49. The number of allylic oxidation sites excluding steroid dienone is 4. The van der Waals surface area contributed by atoms with E-state index in [4.69, 9.17) is 9.47 Å². The molecule has 7 heteroatoms. The van der Waals surface area contributed by atoms with Crippen LogP contribution < -0.4 is 0 Å². The first-order chi connectivity index (χ1) is 38.5. The van der Waals surface area contributed by atoms with Crippen LogP contribution in [0.15, 0.2) is 24.3 Å². The summed E-state index contributed by atoms with van der Waals surface area (Å²) in [6, 6.07) is 0. The van der Waals surface area contributed by atoms with Crippen molar-refractivity contribution < 1.29 is 29.3 Å². The molecule has 0 rings (SSSR count). The molecule has 1 atom stereocenters. The van der Waals surface area contributed by atoms with Crippen LogP contribution >= 0.6 is 0 Å². The molecule has 0 aromatic rings. The van der Waals surface area contributed by atoms with E-state index in [0.29, 0.717) is 26.1 Å². The van der Waals surface area contributed by atoms with Gasteiger partial charge in [0.2, 0.25) is 5.91 Å². The van der Waals surface area contributed by atoms with Crippen LogP contribution in [0.1, 0.15) is 373 Å². The van der Waals surface area contributed by atoms with Gasteiger partial charge in [-0.05, 0) is 57.8 Å². The molecule has 462 valence electrons. The lowest BCUT2D eigenvalue weighted by molar-refractivity contribution is -0.144. The quantitative estimate of drug-likeness (QED) is 0.0358. The van der Waals surface area contributed by atoms with Crippen molar-refractivity contribution in [3.8, 4) is 0 Å². The molecule has 0 heterocycles. The Kier molecular flexibility index (Phi) is 66.3. The van der Waals surface area contributed by atoms with Gasteiger partial charge in [-0.3, -0.25) is 9.59 Å². The topological polar surface area (TPSA) is 96.3 Å². The van der Waals surface area contributed by atoms with Crippen LogP contribution in [0.25, 0.3) is 0 Å². The first-order valence-corrected chi connectivity index (χ1v) is 35.1. The Balaban J connectivity index is 3.38. The highest BCUT2D eigenvalue weighted by atomic mass is 16.5. The minimum Gasteiger partial charge on any atom is -0.466 e. The van der Waals surface area contributed by atoms with Gasteiger partial charge in [-0.15, -0.1) is 0 Å². The second-order valence-corrected chi connectivity index (χ2v) is 24.1. The number of nitrogens with zero attached hydrogens (tertiary/aromatic N) is 1. The van der Waals surface area contributed by atoms with E-state index in [1.165, 1.54) is 302 Å². The summed E-state index contributed by atoms with van der Waals surface area (Å²) in [6.45, 7) is 6.50. The van der Waals surface area contributed by atoms with E-state index in [2.05, 4.69) is 38.2 Å². The largest absolute Gasteiger partial charge is 0.466 e. The Bertz CT molecular complexity index is 1220. The van der Waals surface area contributed by atoms with Crippen LogP contribution in [0.3, 0.4) is 0 Å². The number of aliphatic hydroxyl groups is 2. The van der Waals surface area contributed by atoms with Crippen LogP contribution in [0.2, 0.25) is 0 Å². The molecule has 0 radical (unpaired) electrons. The third kappa shape index (κ3) is 63.5. The minimum absolute atomic E-state index is 0.00514. The van der Waals surface area contributed by atoms with E-state index in [0.717, 1.165) is 44.9 Å². The van der Waals surface area contributed by atoms with Crippen LogP contribution in [0.5, 0.6) is 0 Å².